The molecule has 0 aromatic heterocycles. The second kappa shape index (κ2) is 7.36. The van der Waals surface area contributed by atoms with Gasteiger partial charge >= 0.3 is 5.97 Å². The molecule has 0 fully saturated rings. The van der Waals surface area contributed by atoms with Gasteiger partial charge < -0.3 is 14.6 Å². The number of carbonyl (C=O) groups is 1. The van der Waals surface area contributed by atoms with E-state index in [1.807, 2.05) is 34.6 Å². The van der Waals surface area contributed by atoms with Crippen LogP contribution in [0.5, 0.6) is 0 Å². The standard InChI is InChI=1S/C13H26O4S/c1-7-12(2,3)11(15)17-9-18-8-13(4,5)10(14)16-6/h10,14H,7-9H2,1-6H3. The molecule has 18 heavy (non-hydrogen) atoms. The molecule has 0 aliphatic carbocycles. The Labute approximate surface area is 114 Å². The second-order valence-electron chi connectivity index (χ2n) is 5.71. The van der Waals surface area contributed by atoms with E-state index in [0.717, 1.165) is 6.42 Å². The number of carbonyl (C=O) groups excluding carboxylic acids is 1. The number of rotatable bonds is 8. The van der Waals surface area contributed by atoms with E-state index in [0.29, 0.717) is 11.7 Å². The fourth-order valence-corrected chi connectivity index (χ4v) is 2.07. The minimum absolute atomic E-state index is 0.178. The van der Waals surface area contributed by atoms with Crippen LogP contribution in [-0.4, -0.2) is 36.2 Å². The molecule has 0 saturated carbocycles. The molecule has 5 heteroatoms. The zero-order valence-electron chi connectivity index (χ0n) is 12.3. The Morgan fingerprint density at radius 1 is 1.33 bits per heavy atom. The topological polar surface area (TPSA) is 55.8 Å². The third-order valence-electron chi connectivity index (χ3n) is 3.08. The number of thioether (sulfide) groups is 1. The van der Waals surface area contributed by atoms with Gasteiger partial charge in [0, 0.05) is 18.3 Å². The van der Waals surface area contributed by atoms with Crippen molar-refractivity contribution in [2.24, 2.45) is 10.8 Å². The van der Waals surface area contributed by atoms with Gasteiger partial charge in [0.15, 0.2) is 6.29 Å². The lowest BCUT2D eigenvalue weighted by atomic mass is 9.91. The van der Waals surface area contributed by atoms with Gasteiger partial charge in [0.05, 0.1) is 5.41 Å². The van der Waals surface area contributed by atoms with Crippen molar-refractivity contribution >= 4 is 17.7 Å². The van der Waals surface area contributed by atoms with Crippen LogP contribution in [0.1, 0.15) is 41.0 Å². The Morgan fingerprint density at radius 2 is 1.89 bits per heavy atom. The molecule has 0 heterocycles. The van der Waals surface area contributed by atoms with E-state index in [4.69, 9.17) is 9.47 Å². The number of aliphatic hydroxyl groups excluding tert-OH is 1. The molecule has 0 aromatic rings. The highest BCUT2D eigenvalue weighted by Crippen LogP contribution is 2.27. The van der Waals surface area contributed by atoms with Crippen molar-refractivity contribution in [3.05, 3.63) is 0 Å². The van der Waals surface area contributed by atoms with Crippen LogP contribution in [0.25, 0.3) is 0 Å². The molecule has 4 nitrogen and oxygen atoms in total. The summed E-state index contributed by atoms with van der Waals surface area (Å²) in [7, 11) is 1.47. The van der Waals surface area contributed by atoms with Crippen molar-refractivity contribution < 1.29 is 19.4 Å². The first-order valence-electron chi connectivity index (χ1n) is 6.13. The number of aliphatic hydroxyl groups is 1. The van der Waals surface area contributed by atoms with Crippen LogP contribution in [0.2, 0.25) is 0 Å². The van der Waals surface area contributed by atoms with E-state index >= 15 is 0 Å². The first-order chi connectivity index (χ1) is 8.17. The van der Waals surface area contributed by atoms with Crippen LogP contribution in [0.3, 0.4) is 0 Å². The summed E-state index contributed by atoms with van der Waals surface area (Å²) in [5, 5.41) is 9.62. The molecule has 0 bridgehead atoms. The Balaban J connectivity index is 3.98. The smallest absolute Gasteiger partial charge is 0.312 e. The summed E-state index contributed by atoms with van der Waals surface area (Å²) in [5.74, 6) is 0.784. The van der Waals surface area contributed by atoms with Crippen LogP contribution >= 0.6 is 11.8 Å². The van der Waals surface area contributed by atoms with Crippen molar-refractivity contribution in [1.82, 2.24) is 0 Å². The van der Waals surface area contributed by atoms with Crippen LogP contribution in [0, 0.1) is 10.8 Å². The Morgan fingerprint density at radius 3 is 2.33 bits per heavy atom. The highest BCUT2D eigenvalue weighted by molar-refractivity contribution is 7.99. The summed E-state index contributed by atoms with van der Waals surface area (Å²) in [4.78, 5) is 11.7. The maximum Gasteiger partial charge on any atom is 0.312 e. The fourth-order valence-electron chi connectivity index (χ4n) is 1.13. The van der Waals surface area contributed by atoms with Gasteiger partial charge in [0.2, 0.25) is 0 Å². The predicted molar refractivity (Wildman–Crippen MR) is 74.3 cm³/mol. The minimum atomic E-state index is -0.812. The number of ether oxygens (including phenoxy) is 2. The molecule has 0 radical (unpaired) electrons. The van der Waals surface area contributed by atoms with Gasteiger partial charge in [0.1, 0.15) is 5.94 Å². The molecule has 0 spiro atoms. The largest absolute Gasteiger partial charge is 0.454 e. The van der Waals surface area contributed by atoms with E-state index in [-0.39, 0.29) is 11.4 Å². The summed E-state index contributed by atoms with van der Waals surface area (Å²) >= 11 is 1.48. The van der Waals surface area contributed by atoms with Crippen molar-refractivity contribution in [3.8, 4) is 0 Å². The van der Waals surface area contributed by atoms with E-state index in [1.165, 1.54) is 18.9 Å². The summed E-state index contributed by atoms with van der Waals surface area (Å²) in [6.45, 7) is 9.53. The van der Waals surface area contributed by atoms with Gasteiger partial charge in [-0.15, -0.1) is 11.8 Å². The van der Waals surface area contributed by atoms with Gasteiger partial charge in [-0.3, -0.25) is 4.79 Å². The normalized spacial score (nSPS) is 14.4. The van der Waals surface area contributed by atoms with E-state index < -0.39 is 11.7 Å². The van der Waals surface area contributed by atoms with Gasteiger partial charge in [-0.1, -0.05) is 20.8 Å². The van der Waals surface area contributed by atoms with E-state index in [1.54, 1.807) is 0 Å². The first-order valence-corrected chi connectivity index (χ1v) is 7.28. The quantitative estimate of drug-likeness (QED) is 0.420. The Hall–Kier alpha value is -0.260. The highest BCUT2D eigenvalue weighted by Gasteiger charge is 2.29. The molecule has 0 aromatic carbocycles. The predicted octanol–water partition coefficient (Wildman–Crippen LogP) is 2.65. The van der Waals surface area contributed by atoms with Crippen LogP contribution in [0.4, 0.5) is 0 Å². The SMILES string of the molecule is CCC(C)(C)C(=O)OCSCC(C)(C)C(O)OC. The monoisotopic (exact) mass is 278 g/mol. The molecule has 1 N–H and O–H groups in total. The van der Waals surface area contributed by atoms with Crippen molar-refractivity contribution in [2.75, 3.05) is 18.8 Å². The summed E-state index contributed by atoms with van der Waals surface area (Å²) < 4.78 is 10.1. The van der Waals surface area contributed by atoms with Crippen molar-refractivity contribution in [3.63, 3.8) is 0 Å². The molecular weight excluding hydrogens is 252 g/mol. The van der Waals surface area contributed by atoms with Crippen molar-refractivity contribution in [1.29, 1.82) is 0 Å². The number of esters is 1. The summed E-state index contributed by atoms with van der Waals surface area (Å²) in [5.41, 5.74) is -0.797. The average molecular weight is 278 g/mol. The number of hydrogen-bond acceptors (Lipinski definition) is 5. The van der Waals surface area contributed by atoms with Gasteiger partial charge in [-0.05, 0) is 20.3 Å². The summed E-state index contributed by atoms with van der Waals surface area (Å²) in [6, 6.07) is 0. The first kappa shape index (κ1) is 17.7. The average Bonchev–Trinajstić information content (AvgIpc) is 2.32. The van der Waals surface area contributed by atoms with Gasteiger partial charge in [0.25, 0.3) is 0 Å². The number of methoxy groups -OCH3 is 1. The highest BCUT2D eigenvalue weighted by atomic mass is 32.2. The van der Waals surface area contributed by atoms with Gasteiger partial charge in [-0.25, -0.2) is 0 Å². The molecular formula is C13H26O4S. The molecule has 108 valence electrons. The third kappa shape index (κ3) is 5.59. The molecule has 0 amide bonds. The third-order valence-corrected chi connectivity index (χ3v) is 4.31. The molecule has 0 rings (SSSR count). The van der Waals surface area contributed by atoms with Crippen molar-refractivity contribution in [2.45, 2.75) is 47.3 Å². The molecule has 1 atom stereocenters. The molecule has 0 aliphatic rings. The molecule has 0 aliphatic heterocycles. The van der Waals surface area contributed by atoms with Crippen LogP contribution < -0.4 is 0 Å². The maximum atomic E-state index is 11.7. The summed E-state index contributed by atoms with van der Waals surface area (Å²) in [6.07, 6.45) is -0.0579. The minimum Gasteiger partial charge on any atom is -0.454 e. The Bertz CT molecular complexity index is 264. The zero-order valence-corrected chi connectivity index (χ0v) is 13.1. The fraction of sp³-hybridized carbons (Fsp3) is 0.923. The lowest BCUT2D eigenvalue weighted by molar-refractivity contribution is -0.151. The van der Waals surface area contributed by atoms with E-state index in [9.17, 15) is 9.90 Å². The van der Waals surface area contributed by atoms with Gasteiger partial charge in [-0.2, -0.15) is 0 Å². The maximum absolute atomic E-state index is 11.7. The lowest BCUT2D eigenvalue weighted by Gasteiger charge is -2.28. The zero-order chi connectivity index (χ0) is 14.4. The van der Waals surface area contributed by atoms with Crippen LogP contribution in [-0.2, 0) is 14.3 Å². The van der Waals surface area contributed by atoms with Crippen LogP contribution in [0.15, 0.2) is 0 Å². The van der Waals surface area contributed by atoms with E-state index in [2.05, 4.69) is 0 Å². The molecule has 1 unspecified atom stereocenters. The Kier molecular flexibility index (Phi) is 7.25. The second-order valence-corrected chi connectivity index (χ2v) is 6.64. The number of hydrogen-bond donors (Lipinski definition) is 1. The lowest BCUT2D eigenvalue weighted by Crippen LogP contribution is -2.33. The molecule has 0 saturated heterocycles.